The van der Waals surface area contributed by atoms with Gasteiger partial charge in [-0.05, 0) is 37.1 Å². The van der Waals surface area contributed by atoms with Crippen molar-refractivity contribution in [1.82, 2.24) is 0 Å². The molecule has 0 radical (unpaired) electrons. The van der Waals surface area contributed by atoms with Crippen LogP contribution in [0.25, 0.3) is 0 Å². The molecule has 0 saturated carbocycles. The van der Waals surface area contributed by atoms with Gasteiger partial charge in [0.25, 0.3) is 5.69 Å². The number of allylic oxidation sites excluding steroid dienone is 1. The summed E-state index contributed by atoms with van der Waals surface area (Å²) in [6.45, 7) is 3.10. The van der Waals surface area contributed by atoms with Gasteiger partial charge >= 0.3 is 17.9 Å². The van der Waals surface area contributed by atoms with Crippen molar-refractivity contribution in [2.75, 3.05) is 25.6 Å². The first-order valence-electron chi connectivity index (χ1n) is 11.4. The van der Waals surface area contributed by atoms with E-state index in [4.69, 9.17) is 14.6 Å². The predicted molar refractivity (Wildman–Crippen MR) is 134 cm³/mol. The van der Waals surface area contributed by atoms with Crippen molar-refractivity contribution in [2.45, 2.75) is 26.2 Å². The zero-order chi connectivity index (χ0) is 27.1. The van der Waals surface area contributed by atoms with E-state index in [0.717, 1.165) is 5.56 Å². The number of nitro benzene ring substituents is 1. The lowest BCUT2D eigenvalue weighted by atomic mass is 9.75. The highest BCUT2D eigenvalue weighted by Crippen LogP contribution is 2.40. The van der Waals surface area contributed by atoms with Gasteiger partial charge in [0.1, 0.15) is 12.5 Å². The van der Waals surface area contributed by atoms with E-state index >= 15 is 0 Å². The number of nitrogens with one attached hydrogen (secondary N) is 1. The summed E-state index contributed by atoms with van der Waals surface area (Å²) in [6.07, 6.45) is 0.390. The number of esters is 2. The summed E-state index contributed by atoms with van der Waals surface area (Å²) < 4.78 is 10.5. The summed E-state index contributed by atoms with van der Waals surface area (Å²) in [6, 6.07) is 12.8. The number of carbonyl (C=O) groups excluding carboxylic acids is 2. The molecule has 2 N–H and O–H groups in total. The van der Waals surface area contributed by atoms with Gasteiger partial charge < -0.3 is 19.9 Å². The van der Waals surface area contributed by atoms with E-state index in [9.17, 15) is 24.5 Å². The Morgan fingerprint density at radius 2 is 1.84 bits per heavy atom. The molecule has 2 unspecified atom stereocenters. The van der Waals surface area contributed by atoms with Gasteiger partial charge in [-0.2, -0.15) is 0 Å². The first-order chi connectivity index (χ1) is 17.6. The Bertz CT molecular complexity index is 1270. The first kappa shape index (κ1) is 27.1. The molecule has 0 spiro atoms. The number of aliphatic imine (C=N–C) groups is 1. The third kappa shape index (κ3) is 6.57. The minimum Gasteiger partial charge on any atom is -0.480 e. The number of carboxylic acids is 1. The number of nitro groups is 1. The molecule has 0 saturated heterocycles. The number of hydrogen-bond donors (Lipinski definition) is 2. The van der Waals surface area contributed by atoms with Gasteiger partial charge in [-0.25, -0.2) is 4.79 Å². The molecule has 2 aromatic rings. The van der Waals surface area contributed by atoms with Crippen LogP contribution < -0.4 is 5.32 Å². The second-order valence-electron chi connectivity index (χ2n) is 8.41. The summed E-state index contributed by atoms with van der Waals surface area (Å²) in [7, 11) is 1.23. The van der Waals surface area contributed by atoms with Crippen molar-refractivity contribution >= 4 is 35.0 Å². The highest BCUT2D eigenvalue weighted by atomic mass is 16.6. The molecule has 1 aliphatic heterocycles. The van der Waals surface area contributed by atoms with Crippen LogP contribution >= 0.6 is 0 Å². The number of anilines is 1. The maximum Gasteiger partial charge on any atom is 0.336 e. The van der Waals surface area contributed by atoms with Crippen molar-refractivity contribution in [2.24, 2.45) is 10.9 Å². The number of carboxylic acid groups (broad SMARTS) is 1. The van der Waals surface area contributed by atoms with Gasteiger partial charge in [0.05, 0.1) is 24.2 Å². The fourth-order valence-electron chi connectivity index (χ4n) is 4.23. The summed E-state index contributed by atoms with van der Waals surface area (Å²) in [5.41, 5.74) is 2.65. The normalized spacial score (nSPS) is 17.0. The molecule has 194 valence electrons. The average molecular weight is 510 g/mol. The molecule has 0 bridgehead atoms. The molecule has 0 aromatic heterocycles. The van der Waals surface area contributed by atoms with E-state index in [2.05, 4.69) is 10.3 Å². The molecular formula is C26H27N3O8. The highest BCUT2D eigenvalue weighted by molar-refractivity contribution is 6.07. The minimum absolute atomic E-state index is 0.0325. The standard InChI is InChI=1S/C26H27N3O8/c1-15-22(25(32)36-3)24(18-5-4-6-20(13-18)29(34)35)23(16(2)28-15)26(33)37-12-11-17-7-9-19(10-8-17)27-14-21(30)31/h4-10,13,22,24,27H,11-12,14H2,1-3H3,(H,30,31). The van der Waals surface area contributed by atoms with Crippen LogP contribution in [0.3, 0.4) is 0 Å². The van der Waals surface area contributed by atoms with Crippen molar-refractivity contribution < 1.29 is 33.9 Å². The van der Waals surface area contributed by atoms with E-state index in [1.165, 1.54) is 25.3 Å². The zero-order valence-corrected chi connectivity index (χ0v) is 20.6. The Morgan fingerprint density at radius 3 is 2.46 bits per heavy atom. The molecule has 11 heteroatoms. The van der Waals surface area contributed by atoms with Crippen LogP contribution in [0.5, 0.6) is 0 Å². The topological polar surface area (TPSA) is 157 Å². The average Bonchev–Trinajstić information content (AvgIpc) is 2.87. The van der Waals surface area contributed by atoms with Crippen LogP contribution in [0, 0.1) is 16.0 Å². The zero-order valence-electron chi connectivity index (χ0n) is 20.6. The molecule has 37 heavy (non-hydrogen) atoms. The number of rotatable bonds is 10. The molecule has 2 aromatic carbocycles. The molecule has 0 fully saturated rings. The lowest BCUT2D eigenvalue weighted by Gasteiger charge is -2.31. The Hall–Kier alpha value is -4.54. The van der Waals surface area contributed by atoms with Gasteiger partial charge in [-0.1, -0.05) is 24.3 Å². The number of non-ortho nitro benzene ring substituents is 1. The van der Waals surface area contributed by atoms with Crippen LogP contribution in [-0.2, 0) is 30.3 Å². The largest absolute Gasteiger partial charge is 0.480 e. The fraction of sp³-hybridized carbons (Fsp3) is 0.308. The smallest absolute Gasteiger partial charge is 0.336 e. The Morgan fingerprint density at radius 1 is 1.14 bits per heavy atom. The third-order valence-electron chi connectivity index (χ3n) is 5.97. The number of carbonyl (C=O) groups is 3. The van der Waals surface area contributed by atoms with Gasteiger partial charge in [0.15, 0.2) is 0 Å². The number of nitrogens with zero attached hydrogens (tertiary/aromatic N) is 2. The van der Waals surface area contributed by atoms with Crippen molar-refractivity contribution in [3.8, 4) is 0 Å². The van der Waals surface area contributed by atoms with Crippen LogP contribution in [0.4, 0.5) is 11.4 Å². The minimum atomic E-state index is -0.972. The second kappa shape index (κ2) is 11.9. The maximum absolute atomic E-state index is 13.3. The Kier molecular flexibility index (Phi) is 8.72. The fourth-order valence-corrected chi connectivity index (χ4v) is 4.23. The molecule has 0 aliphatic carbocycles. The van der Waals surface area contributed by atoms with Gasteiger partial charge in [-0.3, -0.25) is 24.7 Å². The third-order valence-corrected chi connectivity index (χ3v) is 5.97. The van der Waals surface area contributed by atoms with Crippen molar-refractivity contribution in [1.29, 1.82) is 0 Å². The molecular weight excluding hydrogens is 482 g/mol. The van der Waals surface area contributed by atoms with Gasteiger partial charge in [-0.15, -0.1) is 0 Å². The van der Waals surface area contributed by atoms with E-state index < -0.39 is 34.7 Å². The monoisotopic (exact) mass is 509 g/mol. The second-order valence-corrected chi connectivity index (χ2v) is 8.41. The predicted octanol–water partition coefficient (Wildman–Crippen LogP) is 3.50. The van der Waals surface area contributed by atoms with Crippen molar-refractivity contribution in [3.63, 3.8) is 0 Å². The number of methoxy groups -OCH3 is 1. The SMILES string of the molecule is COC(=O)C1C(C)=NC(C)=C(C(=O)OCCc2ccc(NCC(=O)O)cc2)C1c1cccc([N+](=O)[O-])c1. The lowest BCUT2D eigenvalue weighted by Crippen LogP contribution is -2.36. The maximum atomic E-state index is 13.3. The van der Waals surface area contributed by atoms with Crippen LogP contribution in [0.1, 0.15) is 30.9 Å². The lowest BCUT2D eigenvalue weighted by molar-refractivity contribution is -0.384. The number of benzene rings is 2. The molecule has 2 atom stereocenters. The van der Waals surface area contributed by atoms with E-state index in [1.54, 1.807) is 44.2 Å². The van der Waals surface area contributed by atoms with Crippen LogP contribution in [0.15, 0.2) is 64.8 Å². The Balaban J connectivity index is 1.82. The molecule has 0 amide bonds. The summed E-state index contributed by atoms with van der Waals surface area (Å²) in [5, 5.41) is 22.9. The molecule has 1 aliphatic rings. The molecule has 3 rings (SSSR count). The number of aliphatic carboxylic acids is 1. The van der Waals surface area contributed by atoms with Crippen molar-refractivity contribution in [3.05, 3.63) is 81.0 Å². The number of ether oxygens (including phenoxy) is 2. The van der Waals surface area contributed by atoms with Gasteiger partial charge in [0.2, 0.25) is 0 Å². The summed E-state index contributed by atoms with van der Waals surface area (Å²) in [5.74, 6) is -4.10. The molecule has 11 nitrogen and oxygen atoms in total. The van der Waals surface area contributed by atoms with Gasteiger partial charge in [0, 0.05) is 41.6 Å². The van der Waals surface area contributed by atoms with Crippen LogP contribution in [-0.4, -0.2) is 53.9 Å². The van der Waals surface area contributed by atoms with E-state index in [-0.39, 0.29) is 24.4 Å². The molecule has 1 heterocycles. The Labute approximate surface area is 213 Å². The number of hydrogen-bond acceptors (Lipinski definition) is 9. The quantitative estimate of drug-likeness (QED) is 0.278. The van der Waals surface area contributed by atoms with Crippen LogP contribution in [0.2, 0.25) is 0 Å². The van der Waals surface area contributed by atoms with E-state index in [1.807, 2.05) is 0 Å². The summed E-state index contributed by atoms with van der Waals surface area (Å²) in [4.78, 5) is 51.9. The first-order valence-corrected chi connectivity index (χ1v) is 11.4. The highest BCUT2D eigenvalue weighted by Gasteiger charge is 2.42. The van der Waals surface area contributed by atoms with E-state index in [0.29, 0.717) is 29.1 Å². The summed E-state index contributed by atoms with van der Waals surface area (Å²) >= 11 is 0.